The molecule has 0 fully saturated rings. The van der Waals surface area contributed by atoms with E-state index in [-0.39, 0.29) is 6.03 Å². The number of rotatable bonds is 7. The van der Waals surface area contributed by atoms with E-state index in [1.54, 1.807) is 21.3 Å². The van der Waals surface area contributed by atoms with Gasteiger partial charge < -0.3 is 24.8 Å². The number of anilines is 1. The lowest BCUT2D eigenvalue weighted by Gasteiger charge is -2.16. The van der Waals surface area contributed by atoms with Crippen molar-refractivity contribution in [3.63, 3.8) is 0 Å². The van der Waals surface area contributed by atoms with Gasteiger partial charge in [0.15, 0.2) is 11.5 Å². The molecule has 26 heavy (non-hydrogen) atoms. The van der Waals surface area contributed by atoms with Gasteiger partial charge in [-0.25, -0.2) is 4.79 Å². The van der Waals surface area contributed by atoms with Gasteiger partial charge in [-0.15, -0.1) is 0 Å². The zero-order valence-electron chi connectivity index (χ0n) is 15.9. The number of carbonyl (C=O) groups is 1. The summed E-state index contributed by atoms with van der Waals surface area (Å²) in [6.07, 6.45) is 0.851. The number of amides is 2. The summed E-state index contributed by atoms with van der Waals surface area (Å²) in [5, 5.41) is 5.81. The number of aryl methyl sites for hydroxylation is 2. The minimum absolute atomic E-state index is 0.261. The number of methoxy groups -OCH3 is 3. The standard InChI is InChI=1S/C20H26N2O4/c1-6-15-9-7-8-13(2)18(15)22-20(23)21-12-14-10-16(24-3)19(26-5)17(11-14)25-4/h7-11H,6,12H2,1-5H3,(H2,21,22,23). The third kappa shape index (κ3) is 4.39. The maximum atomic E-state index is 12.3. The molecule has 0 saturated heterocycles. The third-order valence-electron chi connectivity index (χ3n) is 4.16. The van der Waals surface area contributed by atoms with Crippen LogP contribution in [-0.2, 0) is 13.0 Å². The highest BCUT2D eigenvalue weighted by Gasteiger charge is 2.14. The van der Waals surface area contributed by atoms with Crippen LogP contribution in [0.15, 0.2) is 30.3 Å². The third-order valence-corrected chi connectivity index (χ3v) is 4.16. The molecule has 0 spiro atoms. The van der Waals surface area contributed by atoms with Crippen LogP contribution in [-0.4, -0.2) is 27.4 Å². The summed E-state index contributed by atoms with van der Waals surface area (Å²) in [5.41, 5.74) is 3.84. The molecule has 0 aliphatic heterocycles. The molecule has 2 aromatic carbocycles. The average molecular weight is 358 g/mol. The summed E-state index contributed by atoms with van der Waals surface area (Å²) in [6, 6.07) is 9.35. The molecule has 140 valence electrons. The molecule has 0 aliphatic rings. The molecule has 6 nitrogen and oxygen atoms in total. The van der Waals surface area contributed by atoms with Crippen molar-refractivity contribution in [3.05, 3.63) is 47.0 Å². The van der Waals surface area contributed by atoms with Crippen LogP contribution in [0.25, 0.3) is 0 Å². The Morgan fingerprint density at radius 2 is 1.69 bits per heavy atom. The van der Waals surface area contributed by atoms with E-state index in [4.69, 9.17) is 14.2 Å². The number of carbonyl (C=O) groups excluding carboxylic acids is 1. The molecule has 0 aromatic heterocycles. The van der Waals surface area contributed by atoms with E-state index in [0.29, 0.717) is 23.8 Å². The second-order valence-corrected chi connectivity index (χ2v) is 5.80. The number of nitrogens with one attached hydrogen (secondary N) is 2. The molecule has 2 N–H and O–H groups in total. The van der Waals surface area contributed by atoms with Crippen molar-refractivity contribution in [2.75, 3.05) is 26.6 Å². The average Bonchev–Trinajstić information content (AvgIpc) is 2.66. The number of urea groups is 1. The molecule has 0 heterocycles. The molecular formula is C20H26N2O4. The van der Waals surface area contributed by atoms with Gasteiger partial charge in [0.05, 0.1) is 21.3 Å². The second kappa shape index (κ2) is 8.99. The molecule has 0 radical (unpaired) electrons. The quantitative estimate of drug-likeness (QED) is 0.787. The fraction of sp³-hybridized carbons (Fsp3) is 0.350. The number of hydrogen-bond acceptors (Lipinski definition) is 4. The maximum absolute atomic E-state index is 12.3. The van der Waals surface area contributed by atoms with Gasteiger partial charge >= 0.3 is 6.03 Å². The van der Waals surface area contributed by atoms with E-state index in [9.17, 15) is 4.79 Å². The Kier molecular flexibility index (Phi) is 6.72. The van der Waals surface area contributed by atoms with Crippen molar-refractivity contribution >= 4 is 11.7 Å². The second-order valence-electron chi connectivity index (χ2n) is 5.80. The number of benzene rings is 2. The first-order valence-corrected chi connectivity index (χ1v) is 8.46. The summed E-state index contributed by atoms with van der Waals surface area (Å²) in [5.74, 6) is 1.63. The molecule has 0 aliphatic carbocycles. The van der Waals surface area contributed by atoms with Crippen molar-refractivity contribution < 1.29 is 19.0 Å². The summed E-state index contributed by atoms with van der Waals surface area (Å²) in [4.78, 5) is 12.3. The van der Waals surface area contributed by atoms with Crippen LogP contribution in [0, 0.1) is 6.92 Å². The van der Waals surface area contributed by atoms with Gasteiger partial charge in [-0.2, -0.15) is 0 Å². The molecule has 0 bridgehead atoms. The fourth-order valence-electron chi connectivity index (χ4n) is 2.78. The first kappa shape index (κ1) is 19.4. The first-order chi connectivity index (χ1) is 12.5. The van der Waals surface area contributed by atoms with Crippen LogP contribution in [0.5, 0.6) is 17.2 Å². The fourth-order valence-corrected chi connectivity index (χ4v) is 2.78. The summed E-state index contributed by atoms with van der Waals surface area (Å²) < 4.78 is 16.0. The summed E-state index contributed by atoms with van der Waals surface area (Å²) in [6.45, 7) is 4.37. The molecule has 2 aromatic rings. The minimum atomic E-state index is -0.261. The number of para-hydroxylation sites is 1. The SMILES string of the molecule is CCc1cccc(C)c1NC(=O)NCc1cc(OC)c(OC)c(OC)c1. The number of ether oxygens (including phenoxy) is 3. The maximum Gasteiger partial charge on any atom is 0.319 e. The Bertz CT molecular complexity index is 749. The van der Waals surface area contributed by atoms with E-state index in [0.717, 1.165) is 28.8 Å². The van der Waals surface area contributed by atoms with E-state index in [2.05, 4.69) is 17.6 Å². The Balaban J connectivity index is 2.10. The highest BCUT2D eigenvalue weighted by molar-refractivity contribution is 5.91. The van der Waals surface area contributed by atoms with Gasteiger partial charge in [-0.1, -0.05) is 25.1 Å². The van der Waals surface area contributed by atoms with Crippen molar-refractivity contribution in [2.45, 2.75) is 26.8 Å². The van der Waals surface area contributed by atoms with E-state index in [1.165, 1.54) is 0 Å². The normalized spacial score (nSPS) is 10.2. The van der Waals surface area contributed by atoms with Crippen molar-refractivity contribution in [1.29, 1.82) is 0 Å². The van der Waals surface area contributed by atoms with E-state index < -0.39 is 0 Å². The predicted molar refractivity (Wildman–Crippen MR) is 103 cm³/mol. The van der Waals surface area contributed by atoms with Crippen LogP contribution in [0.1, 0.15) is 23.6 Å². The van der Waals surface area contributed by atoms with Gasteiger partial charge in [-0.3, -0.25) is 0 Å². The predicted octanol–water partition coefficient (Wildman–Crippen LogP) is 3.90. The molecule has 2 rings (SSSR count). The summed E-state index contributed by atoms with van der Waals surface area (Å²) >= 11 is 0. The molecule has 2 amide bonds. The van der Waals surface area contributed by atoms with Gasteiger partial charge in [0, 0.05) is 12.2 Å². The smallest absolute Gasteiger partial charge is 0.319 e. The highest BCUT2D eigenvalue weighted by atomic mass is 16.5. The van der Waals surface area contributed by atoms with Gasteiger partial charge in [0.1, 0.15) is 0 Å². The Hall–Kier alpha value is -2.89. The van der Waals surface area contributed by atoms with Crippen LogP contribution < -0.4 is 24.8 Å². The lowest BCUT2D eigenvalue weighted by atomic mass is 10.1. The zero-order chi connectivity index (χ0) is 19.1. The first-order valence-electron chi connectivity index (χ1n) is 8.46. The van der Waals surface area contributed by atoms with Crippen molar-refractivity contribution in [2.24, 2.45) is 0 Å². The van der Waals surface area contributed by atoms with E-state index >= 15 is 0 Å². The Morgan fingerprint density at radius 1 is 1.04 bits per heavy atom. The monoisotopic (exact) mass is 358 g/mol. The van der Waals surface area contributed by atoms with Gasteiger partial charge in [0.2, 0.25) is 5.75 Å². The van der Waals surface area contributed by atoms with Crippen LogP contribution in [0.2, 0.25) is 0 Å². The van der Waals surface area contributed by atoms with Crippen molar-refractivity contribution in [1.82, 2.24) is 5.32 Å². The lowest BCUT2D eigenvalue weighted by molar-refractivity contribution is 0.251. The molecular weight excluding hydrogens is 332 g/mol. The number of hydrogen-bond donors (Lipinski definition) is 2. The zero-order valence-corrected chi connectivity index (χ0v) is 15.9. The van der Waals surface area contributed by atoms with Crippen molar-refractivity contribution in [3.8, 4) is 17.2 Å². The summed E-state index contributed by atoms with van der Waals surface area (Å²) in [7, 11) is 4.68. The Labute approximate surface area is 154 Å². The molecule has 0 saturated carbocycles. The topological polar surface area (TPSA) is 68.8 Å². The lowest BCUT2D eigenvalue weighted by Crippen LogP contribution is -2.29. The van der Waals surface area contributed by atoms with E-state index in [1.807, 2.05) is 37.3 Å². The minimum Gasteiger partial charge on any atom is -0.493 e. The molecule has 6 heteroatoms. The Morgan fingerprint density at radius 3 is 2.23 bits per heavy atom. The van der Waals surface area contributed by atoms with Crippen LogP contribution in [0.4, 0.5) is 10.5 Å². The van der Waals surface area contributed by atoms with Gasteiger partial charge in [0.25, 0.3) is 0 Å². The van der Waals surface area contributed by atoms with Gasteiger partial charge in [-0.05, 0) is 42.2 Å². The largest absolute Gasteiger partial charge is 0.493 e. The van der Waals surface area contributed by atoms with Crippen LogP contribution >= 0.6 is 0 Å². The highest BCUT2D eigenvalue weighted by Crippen LogP contribution is 2.38. The molecule has 0 unspecified atom stereocenters. The van der Waals surface area contributed by atoms with Crippen LogP contribution in [0.3, 0.4) is 0 Å². The molecule has 0 atom stereocenters.